The van der Waals surface area contributed by atoms with Crippen molar-refractivity contribution in [2.75, 3.05) is 45.3 Å². The first-order chi connectivity index (χ1) is 17.4. The predicted molar refractivity (Wildman–Crippen MR) is 130 cm³/mol. The molecule has 1 fully saturated rings. The van der Waals surface area contributed by atoms with Gasteiger partial charge in [-0.1, -0.05) is 6.07 Å². The highest BCUT2D eigenvalue weighted by molar-refractivity contribution is 5.97. The smallest absolute Gasteiger partial charge is 0.410 e. The van der Waals surface area contributed by atoms with Crippen LogP contribution in [0.2, 0.25) is 0 Å². The highest BCUT2D eigenvalue weighted by Crippen LogP contribution is 2.30. The second-order valence-corrected chi connectivity index (χ2v) is 8.41. The second kappa shape index (κ2) is 9.84. The zero-order chi connectivity index (χ0) is 25.2. The largest absolute Gasteiger partial charge is 0.439 e. The van der Waals surface area contributed by atoms with Crippen LogP contribution in [-0.4, -0.2) is 76.5 Å². The molecule has 1 unspecified atom stereocenters. The summed E-state index contributed by atoms with van der Waals surface area (Å²) in [6.45, 7) is 1.31. The van der Waals surface area contributed by atoms with Crippen LogP contribution in [0.25, 0.3) is 22.1 Å². The Bertz CT molecular complexity index is 1430. The number of anilines is 2. The van der Waals surface area contributed by atoms with Gasteiger partial charge in [-0.15, -0.1) is 0 Å². The third-order valence-corrected chi connectivity index (χ3v) is 5.91. The van der Waals surface area contributed by atoms with Crippen molar-refractivity contribution < 1.29 is 28.6 Å². The number of rotatable bonds is 9. The third kappa shape index (κ3) is 4.68. The Morgan fingerprint density at radius 1 is 1.17 bits per heavy atom. The van der Waals surface area contributed by atoms with E-state index in [1.807, 2.05) is 35.9 Å². The van der Waals surface area contributed by atoms with Gasteiger partial charge in [0.05, 0.1) is 37.4 Å². The van der Waals surface area contributed by atoms with Gasteiger partial charge in [0.15, 0.2) is 5.58 Å². The van der Waals surface area contributed by atoms with Crippen molar-refractivity contribution in [3.05, 3.63) is 47.5 Å². The van der Waals surface area contributed by atoms with E-state index < -0.39 is 0 Å². The van der Waals surface area contributed by atoms with Crippen LogP contribution < -0.4 is 10.6 Å². The maximum absolute atomic E-state index is 12.4. The van der Waals surface area contributed by atoms with Gasteiger partial charge in [0.25, 0.3) is 5.91 Å². The van der Waals surface area contributed by atoms with Crippen LogP contribution in [0.4, 0.5) is 16.8 Å². The van der Waals surface area contributed by atoms with Crippen molar-refractivity contribution in [1.82, 2.24) is 24.8 Å². The van der Waals surface area contributed by atoms with Crippen LogP contribution in [0.1, 0.15) is 22.0 Å². The first-order valence-corrected chi connectivity index (χ1v) is 11.5. The molecule has 2 aromatic heterocycles. The summed E-state index contributed by atoms with van der Waals surface area (Å²) in [6, 6.07) is 11.0. The molecule has 3 heterocycles. The molecule has 1 aliphatic rings. The molecule has 0 aliphatic carbocycles. The lowest BCUT2D eigenvalue weighted by molar-refractivity contribution is 0.0838. The number of hydrogen-bond acceptors (Lipinski definition) is 9. The van der Waals surface area contributed by atoms with Crippen LogP contribution in [-0.2, 0) is 16.5 Å². The number of aliphatic hydroxyl groups is 1. The van der Waals surface area contributed by atoms with E-state index in [4.69, 9.17) is 19.0 Å². The van der Waals surface area contributed by atoms with Crippen molar-refractivity contribution >= 4 is 46.1 Å². The number of nitrogens with one attached hydrogen (secondary N) is 2. The topological polar surface area (TPSA) is 144 Å². The van der Waals surface area contributed by atoms with Gasteiger partial charge in [0, 0.05) is 26.2 Å². The molecule has 5 rings (SSSR count). The summed E-state index contributed by atoms with van der Waals surface area (Å²) in [5.41, 5.74) is 3.97. The number of benzene rings is 2. The van der Waals surface area contributed by atoms with Crippen molar-refractivity contribution in [3.63, 3.8) is 0 Å². The molecule has 4 aromatic rings. The normalized spacial score (nSPS) is 15.6. The fourth-order valence-electron chi connectivity index (χ4n) is 3.99. The number of likely N-dealkylation sites (N-methyl/N-ethyl adjacent to an activating group) is 1. The lowest BCUT2D eigenvalue weighted by atomic mass is 10.1. The molecule has 2 aromatic carbocycles. The Kier molecular flexibility index (Phi) is 6.44. The first kappa shape index (κ1) is 23.6. The number of ether oxygens (including phenoxy) is 2. The van der Waals surface area contributed by atoms with Gasteiger partial charge in [0.1, 0.15) is 11.6 Å². The van der Waals surface area contributed by atoms with Crippen LogP contribution in [0, 0.1) is 0 Å². The Labute approximate surface area is 205 Å². The first-order valence-electron chi connectivity index (χ1n) is 11.5. The minimum absolute atomic E-state index is 0.0549. The van der Waals surface area contributed by atoms with E-state index in [-0.39, 0.29) is 37.3 Å². The minimum Gasteiger partial charge on any atom is -0.439 e. The fourth-order valence-corrected chi connectivity index (χ4v) is 3.99. The SMILES string of the molecule is CN1CC(c2ccc3nc(Nc4nc5cc(C(=O)NCCOCCO)ccc5n4C)oc3c2)OC1=O. The van der Waals surface area contributed by atoms with E-state index in [1.54, 1.807) is 19.2 Å². The van der Waals surface area contributed by atoms with E-state index in [2.05, 4.69) is 20.6 Å². The Morgan fingerprint density at radius 2 is 2.03 bits per heavy atom. The average Bonchev–Trinajstić information content (AvgIpc) is 3.53. The highest BCUT2D eigenvalue weighted by atomic mass is 16.6. The molecule has 3 N–H and O–H groups in total. The van der Waals surface area contributed by atoms with Crippen molar-refractivity contribution in [3.8, 4) is 0 Å². The molecule has 2 amide bonds. The Hall–Kier alpha value is -4.16. The van der Waals surface area contributed by atoms with E-state index in [0.29, 0.717) is 47.8 Å². The predicted octanol–water partition coefficient (Wildman–Crippen LogP) is 2.32. The van der Waals surface area contributed by atoms with Gasteiger partial charge >= 0.3 is 12.1 Å². The summed E-state index contributed by atoms with van der Waals surface area (Å²) in [4.78, 5) is 34.7. The van der Waals surface area contributed by atoms with E-state index >= 15 is 0 Å². The van der Waals surface area contributed by atoms with Crippen LogP contribution in [0.15, 0.2) is 40.8 Å². The summed E-state index contributed by atoms with van der Waals surface area (Å²) in [5, 5.41) is 14.6. The molecule has 0 saturated carbocycles. The van der Waals surface area contributed by atoms with Crippen molar-refractivity contribution in [2.45, 2.75) is 6.10 Å². The molecule has 12 nitrogen and oxygen atoms in total. The summed E-state index contributed by atoms with van der Waals surface area (Å²) in [6.07, 6.45) is -0.706. The lowest BCUT2D eigenvalue weighted by Crippen LogP contribution is -2.27. The maximum atomic E-state index is 12.4. The quantitative estimate of drug-likeness (QED) is 0.299. The number of nitrogens with zero attached hydrogens (tertiary/aromatic N) is 4. The molecular weight excluding hydrogens is 468 g/mol. The number of cyclic esters (lactones) is 1. The van der Waals surface area contributed by atoms with Crippen LogP contribution in [0.5, 0.6) is 0 Å². The molecule has 0 radical (unpaired) electrons. The fraction of sp³-hybridized carbons (Fsp3) is 0.333. The number of carbonyl (C=O) groups is 2. The molecule has 0 bridgehead atoms. The molecule has 1 atom stereocenters. The molecular formula is C24H26N6O6. The summed E-state index contributed by atoms with van der Waals surface area (Å²) in [5.74, 6) is 0.261. The number of hydrogen-bond donors (Lipinski definition) is 3. The maximum Gasteiger partial charge on any atom is 0.410 e. The van der Waals surface area contributed by atoms with Crippen LogP contribution in [0.3, 0.4) is 0 Å². The Morgan fingerprint density at radius 3 is 2.81 bits per heavy atom. The lowest BCUT2D eigenvalue weighted by Gasteiger charge is -2.07. The number of aryl methyl sites for hydroxylation is 1. The molecule has 1 saturated heterocycles. The summed E-state index contributed by atoms with van der Waals surface area (Å²) in [7, 11) is 3.54. The van der Waals surface area contributed by atoms with Gasteiger partial charge < -0.3 is 33.8 Å². The van der Waals surface area contributed by atoms with Crippen molar-refractivity contribution in [1.29, 1.82) is 0 Å². The third-order valence-electron chi connectivity index (χ3n) is 5.91. The zero-order valence-corrected chi connectivity index (χ0v) is 19.9. The number of aliphatic hydroxyl groups excluding tert-OH is 1. The van der Waals surface area contributed by atoms with Gasteiger partial charge in [-0.25, -0.2) is 9.78 Å². The van der Waals surface area contributed by atoms with Crippen LogP contribution >= 0.6 is 0 Å². The molecule has 188 valence electrons. The monoisotopic (exact) mass is 494 g/mol. The number of amides is 2. The van der Waals surface area contributed by atoms with Gasteiger partial charge in [0.2, 0.25) is 5.95 Å². The molecule has 1 aliphatic heterocycles. The molecule has 36 heavy (non-hydrogen) atoms. The van der Waals surface area contributed by atoms with E-state index in [0.717, 1.165) is 11.1 Å². The van der Waals surface area contributed by atoms with Gasteiger partial charge in [-0.3, -0.25) is 10.1 Å². The highest BCUT2D eigenvalue weighted by Gasteiger charge is 2.30. The van der Waals surface area contributed by atoms with Gasteiger partial charge in [-0.05, 0) is 35.9 Å². The average molecular weight is 495 g/mol. The van der Waals surface area contributed by atoms with Crippen molar-refractivity contribution in [2.24, 2.45) is 7.05 Å². The number of imidazole rings is 1. The minimum atomic E-state index is -0.354. The number of oxazole rings is 1. The number of aromatic nitrogens is 3. The number of carbonyl (C=O) groups excluding carboxylic acids is 2. The number of fused-ring (bicyclic) bond motifs is 2. The zero-order valence-electron chi connectivity index (χ0n) is 19.9. The molecule has 0 spiro atoms. The standard InChI is InChI=1S/C24H26N6O6/c1-29-13-20(36-24(29)33)14-3-5-16-19(12-14)35-23(27-16)28-22-26-17-11-15(4-6-18(17)30(22)2)21(32)25-7-9-34-10-8-31/h3-6,11-12,20,31H,7-10,13H2,1-2H3,(H,25,32)(H,26,27,28). The summed E-state index contributed by atoms with van der Waals surface area (Å²) >= 11 is 0. The Balaban J connectivity index is 1.31. The second-order valence-electron chi connectivity index (χ2n) is 8.41. The van der Waals surface area contributed by atoms with Gasteiger partial charge in [-0.2, -0.15) is 4.98 Å². The summed E-state index contributed by atoms with van der Waals surface area (Å²) < 4.78 is 18.3. The van der Waals surface area contributed by atoms with E-state index in [9.17, 15) is 9.59 Å². The molecule has 12 heteroatoms. The van der Waals surface area contributed by atoms with E-state index in [1.165, 1.54) is 4.90 Å².